The molecule has 1 aromatic heterocycles. The summed E-state index contributed by atoms with van der Waals surface area (Å²) in [6.45, 7) is 3.98. The number of hydrogen-bond acceptors (Lipinski definition) is 6. The monoisotopic (exact) mass is 405 g/mol. The lowest BCUT2D eigenvalue weighted by Gasteiger charge is -2.07. The Morgan fingerprint density at radius 2 is 1.89 bits per heavy atom. The van der Waals surface area contributed by atoms with Crippen LogP contribution in [-0.4, -0.2) is 25.7 Å². The van der Waals surface area contributed by atoms with Crippen LogP contribution in [0.1, 0.15) is 31.2 Å². The first-order valence-corrected chi connectivity index (χ1v) is 10.0. The molecule has 28 heavy (non-hydrogen) atoms. The van der Waals surface area contributed by atoms with Gasteiger partial charge in [0.15, 0.2) is 11.6 Å². The highest BCUT2D eigenvalue weighted by Crippen LogP contribution is 2.22. The van der Waals surface area contributed by atoms with E-state index in [2.05, 4.69) is 28.7 Å². The van der Waals surface area contributed by atoms with Gasteiger partial charge in [-0.1, -0.05) is 43.3 Å². The summed E-state index contributed by atoms with van der Waals surface area (Å²) in [5.74, 6) is 0.0619. The van der Waals surface area contributed by atoms with Gasteiger partial charge in [0.25, 0.3) is 0 Å². The molecular weight excluding hydrogens is 385 g/mol. The molecule has 0 aliphatic carbocycles. The van der Waals surface area contributed by atoms with Crippen molar-refractivity contribution < 1.29 is 22.1 Å². The van der Waals surface area contributed by atoms with Crippen LogP contribution in [0.25, 0.3) is 11.4 Å². The quantitative estimate of drug-likeness (QED) is 0.647. The number of rotatable bonds is 7. The molecule has 0 aliphatic rings. The van der Waals surface area contributed by atoms with Gasteiger partial charge in [0.05, 0.1) is 18.6 Å². The van der Waals surface area contributed by atoms with E-state index in [1.54, 1.807) is 0 Å². The van der Waals surface area contributed by atoms with Crippen LogP contribution in [0.3, 0.4) is 0 Å². The van der Waals surface area contributed by atoms with Crippen molar-refractivity contribution in [2.24, 2.45) is 0 Å². The van der Waals surface area contributed by atoms with Crippen LogP contribution in [0.5, 0.6) is 5.75 Å². The number of hydrogen-bond donors (Lipinski definition) is 1. The summed E-state index contributed by atoms with van der Waals surface area (Å²) in [6.07, 6.45) is 0. The third-order valence-electron chi connectivity index (χ3n) is 4.15. The lowest BCUT2D eigenvalue weighted by Crippen LogP contribution is -2.23. The number of nitrogens with one attached hydrogen (secondary N) is 1. The molecule has 3 aromatic rings. The molecule has 2 aromatic carbocycles. The van der Waals surface area contributed by atoms with Gasteiger partial charge < -0.3 is 9.26 Å². The standard InChI is InChI=1S/C19H20FN3O4S/c1-12(2)13-4-6-14(7-5-13)19-22-18(27-23-19)11-21-28(24,25)15-8-9-17(26-3)16(20)10-15/h4-10,12,21H,11H2,1-3H3. The maximum Gasteiger partial charge on any atom is 0.242 e. The number of methoxy groups -OCH3 is 1. The maximum absolute atomic E-state index is 13.8. The number of nitrogens with zero attached hydrogens (tertiary/aromatic N) is 2. The van der Waals surface area contributed by atoms with Crippen molar-refractivity contribution in [3.05, 3.63) is 59.7 Å². The van der Waals surface area contributed by atoms with E-state index < -0.39 is 15.8 Å². The van der Waals surface area contributed by atoms with E-state index in [0.29, 0.717) is 11.7 Å². The second-order valence-corrected chi connectivity index (χ2v) is 8.18. The Labute approximate surface area is 162 Å². The van der Waals surface area contributed by atoms with E-state index in [1.165, 1.54) is 24.8 Å². The molecule has 0 radical (unpaired) electrons. The topological polar surface area (TPSA) is 94.3 Å². The summed E-state index contributed by atoms with van der Waals surface area (Å²) in [7, 11) is -2.65. The minimum absolute atomic E-state index is 0.0380. The number of benzene rings is 2. The van der Waals surface area contributed by atoms with Gasteiger partial charge in [0, 0.05) is 5.56 Å². The van der Waals surface area contributed by atoms with Gasteiger partial charge in [-0.15, -0.1) is 0 Å². The molecule has 1 N–H and O–H groups in total. The van der Waals surface area contributed by atoms with Crippen LogP contribution < -0.4 is 9.46 Å². The Morgan fingerprint density at radius 1 is 1.18 bits per heavy atom. The first kappa shape index (κ1) is 20.0. The van der Waals surface area contributed by atoms with Gasteiger partial charge >= 0.3 is 0 Å². The normalized spacial score (nSPS) is 11.8. The molecule has 0 amide bonds. The summed E-state index contributed by atoms with van der Waals surface area (Å²) in [5.41, 5.74) is 1.95. The van der Waals surface area contributed by atoms with Crippen LogP contribution in [0, 0.1) is 5.82 Å². The fourth-order valence-electron chi connectivity index (χ4n) is 2.52. The fourth-order valence-corrected chi connectivity index (χ4v) is 3.50. The SMILES string of the molecule is COc1ccc(S(=O)(=O)NCc2nc(-c3ccc(C(C)C)cc3)no2)cc1F. The number of halogens is 1. The summed E-state index contributed by atoms with van der Waals surface area (Å²) < 4.78 is 50.6. The van der Waals surface area contributed by atoms with Crippen LogP contribution in [0.4, 0.5) is 4.39 Å². The minimum Gasteiger partial charge on any atom is -0.494 e. The first-order valence-electron chi connectivity index (χ1n) is 8.56. The third kappa shape index (κ3) is 4.37. The molecule has 0 fully saturated rings. The second-order valence-electron chi connectivity index (χ2n) is 6.41. The Balaban J connectivity index is 1.70. The molecule has 3 rings (SSSR count). The Morgan fingerprint density at radius 3 is 2.50 bits per heavy atom. The highest BCUT2D eigenvalue weighted by molar-refractivity contribution is 7.89. The zero-order valence-corrected chi connectivity index (χ0v) is 16.5. The van der Waals surface area contributed by atoms with Crippen molar-refractivity contribution in [3.63, 3.8) is 0 Å². The van der Waals surface area contributed by atoms with Gasteiger partial charge in [-0.05, 0) is 29.7 Å². The average molecular weight is 405 g/mol. The molecule has 148 valence electrons. The van der Waals surface area contributed by atoms with Gasteiger partial charge in [-0.2, -0.15) is 4.98 Å². The van der Waals surface area contributed by atoms with Crippen molar-refractivity contribution in [2.75, 3.05) is 7.11 Å². The van der Waals surface area contributed by atoms with Gasteiger partial charge in [0.2, 0.25) is 21.7 Å². The molecule has 0 spiro atoms. The third-order valence-corrected chi connectivity index (χ3v) is 5.55. The lowest BCUT2D eigenvalue weighted by atomic mass is 10.0. The first-order chi connectivity index (χ1) is 13.3. The van der Waals surface area contributed by atoms with Crippen molar-refractivity contribution in [1.82, 2.24) is 14.9 Å². The van der Waals surface area contributed by atoms with Gasteiger partial charge in [-0.25, -0.2) is 17.5 Å². The molecule has 1 heterocycles. The Kier molecular flexibility index (Phi) is 5.76. The van der Waals surface area contributed by atoms with E-state index in [-0.39, 0.29) is 23.1 Å². The molecule has 0 saturated carbocycles. The summed E-state index contributed by atoms with van der Waals surface area (Å²) >= 11 is 0. The lowest BCUT2D eigenvalue weighted by molar-refractivity contribution is 0.375. The molecule has 0 saturated heterocycles. The van der Waals surface area contributed by atoms with E-state index in [1.807, 2.05) is 24.3 Å². The van der Waals surface area contributed by atoms with Gasteiger partial charge in [-0.3, -0.25) is 0 Å². The number of aromatic nitrogens is 2. The predicted octanol–water partition coefficient (Wildman–Crippen LogP) is 3.49. The van der Waals surface area contributed by atoms with E-state index in [0.717, 1.165) is 11.6 Å². The maximum atomic E-state index is 13.8. The van der Waals surface area contributed by atoms with E-state index >= 15 is 0 Å². The summed E-state index contributed by atoms with van der Waals surface area (Å²) in [6, 6.07) is 11.1. The van der Waals surface area contributed by atoms with Crippen LogP contribution in [0.2, 0.25) is 0 Å². The minimum atomic E-state index is -3.95. The van der Waals surface area contributed by atoms with Crippen LogP contribution in [-0.2, 0) is 16.6 Å². The number of sulfonamides is 1. The second kappa shape index (κ2) is 8.07. The molecule has 0 bridgehead atoms. The molecule has 0 aliphatic heterocycles. The predicted molar refractivity (Wildman–Crippen MR) is 101 cm³/mol. The fraction of sp³-hybridized carbons (Fsp3) is 0.263. The zero-order chi connectivity index (χ0) is 20.3. The van der Waals surface area contributed by atoms with Crippen LogP contribution >= 0.6 is 0 Å². The van der Waals surface area contributed by atoms with Crippen LogP contribution in [0.15, 0.2) is 51.9 Å². The molecular formula is C19H20FN3O4S. The highest BCUT2D eigenvalue weighted by atomic mass is 32.2. The van der Waals surface area contributed by atoms with E-state index in [4.69, 9.17) is 9.26 Å². The Hall–Kier alpha value is -2.78. The van der Waals surface area contributed by atoms with Crippen molar-refractivity contribution in [1.29, 1.82) is 0 Å². The molecule has 9 heteroatoms. The smallest absolute Gasteiger partial charge is 0.242 e. The van der Waals surface area contributed by atoms with Crippen molar-refractivity contribution >= 4 is 10.0 Å². The van der Waals surface area contributed by atoms with Gasteiger partial charge in [0.1, 0.15) is 0 Å². The summed E-state index contributed by atoms with van der Waals surface area (Å²) in [5, 5.41) is 3.87. The largest absolute Gasteiger partial charge is 0.494 e. The molecule has 0 unspecified atom stereocenters. The highest BCUT2D eigenvalue weighted by Gasteiger charge is 2.18. The summed E-state index contributed by atoms with van der Waals surface area (Å²) in [4.78, 5) is 3.97. The zero-order valence-electron chi connectivity index (χ0n) is 15.6. The molecule has 0 atom stereocenters. The van der Waals surface area contributed by atoms with Crippen molar-refractivity contribution in [2.45, 2.75) is 31.2 Å². The van der Waals surface area contributed by atoms with Crippen molar-refractivity contribution in [3.8, 4) is 17.1 Å². The number of ether oxygens (including phenoxy) is 1. The average Bonchev–Trinajstić information content (AvgIpc) is 3.15. The van der Waals surface area contributed by atoms with E-state index in [9.17, 15) is 12.8 Å². The molecule has 7 nitrogen and oxygen atoms in total. The Bertz CT molecular complexity index is 1060.